The molecule has 4 aromatic rings. The Labute approximate surface area is 324 Å². The van der Waals surface area contributed by atoms with Crippen LogP contribution in [-0.2, 0) is 44.3 Å². The van der Waals surface area contributed by atoms with E-state index in [0.717, 1.165) is 33.8 Å². The SMILES string of the molecule is C=CC[C@H](CC(=O)N[C@H](CO)Cc1ccc(OCc2ccccc2)cc1)C(=O)N[C@H](COC(=O)[C@H](CC=C)Cc1ccccc1)CSCc1ccccc1. The van der Waals surface area contributed by atoms with Crippen LogP contribution >= 0.6 is 11.8 Å². The minimum atomic E-state index is -0.702. The minimum Gasteiger partial charge on any atom is -0.489 e. The van der Waals surface area contributed by atoms with Crippen molar-refractivity contribution < 1.29 is 29.0 Å². The third kappa shape index (κ3) is 15.1. The summed E-state index contributed by atoms with van der Waals surface area (Å²) in [4.78, 5) is 40.2. The smallest absolute Gasteiger partial charge is 0.309 e. The maximum Gasteiger partial charge on any atom is 0.309 e. The molecule has 4 atom stereocenters. The predicted molar refractivity (Wildman–Crippen MR) is 217 cm³/mol. The number of esters is 1. The van der Waals surface area contributed by atoms with E-state index in [9.17, 15) is 19.5 Å². The van der Waals surface area contributed by atoms with E-state index < -0.39 is 23.9 Å². The van der Waals surface area contributed by atoms with Crippen molar-refractivity contribution in [1.82, 2.24) is 10.6 Å². The van der Waals surface area contributed by atoms with Crippen LogP contribution in [0.4, 0.5) is 0 Å². The molecule has 4 rings (SSSR count). The summed E-state index contributed by atoms with van der Waals surface area (Å²) in [7, 11) is 0. The summed E-state index contributed by atoms with van der Waals surface area (Å²) in [5.74, 6) is -0.197. The van der Waals surface area contributed by atoms with Gasteiger partial charge in [0.05, 0.1) is 30.5 Å². The molecule has 0 unspecified atom stereocenters. The highest BCUT2D eigenvalue weighted by molar-refractivity contribution is 7.98. The highest BCUT2D eigenvalue weighted by Crippen LogP contribution is 2.19. The molecular weight excluding hydrogens is 697 g/mol. The highest BCUT2D eigenvalue weighted by atomic mass is 32.2. The van der Waals surface area contributed by atoms with Gasteiger partial charge in [-0.05, 0) is 60.1 Å². The van der Waals surface area contributed by atoms with Gasteiger partial charge in [0, 0.05) is 17.9 Å². The zero-order valence-corrected chi connectivity index (χ0v) is 31.6. The molecule has 0 radical (unpaired) electrons. The number of allylic oxidation sites excluding steroid dienone is 2. The molecule has 0 aliphatic carbocycles. The molecule has 0 bridgehead atoms. The van der Waals surface area contributed by atoms with E-state index in [2.05, 4.69) is 23.8 Å². The number of rotatable bonds is 24. The number of carbonyl (C=O) groups excluding carboxylic acids is 3. The lowest BCUT2D eigenvalue weighted by molar-refractivity contribution is -0.149. The van der Waals surface area contributed by atoms with Crippen molar-refractivity contribution in [1.29, 1.82) is 0 Å². The van der Waals surface area contributed by atoms with Gasteiger partial charge in [0.15, 0.2) is 0 Å². The normalized spacial score (nSPS) is 13.1. The number of thioether (sulfide) groups is 1. The molecule has 0 saturated heterocycles. The van der Waals surface area contributed by atoms with Crippen molar-refractivity contribution in [3.63, 3.8) is 0 Å². The van der Waals surface area contributed by atoms with Crippen molar-refractivity contribution in [2.24, 2.45) is 11.8 Å². The summed E-state index contributed by atoms with van der Waals surface area (Å²) >= 11 is 1.63. The first-order chi connectivity index (χ1) is 26.4. The molecule has 0 spiro atoms. The maximum absolute atomic E-state index is 13.7. The maximum atomic E-state index is 13.7. The lowest BCUT2D eigenvalue weighted by atomic mass is 9.96. The summed E-state index contributed by atoms with van der Waals surface area (Å²) in [6.07, 6.45) is 4.90. The molecule has 0 fully saturated rings. The van der Waals surface area contributed by atoms with Crippen molar-refractivity contribution in [2.75, 3.05) is 19.0 Å². The Bertz CT molecular complexity index is 1720. The fraction of sp³-hybridized carbons (Fsp3) is 0.311. The third-order valence-corrected chi connectivity index (χ3v) is 9.98. The molecular formula is C45H52N2O6S. The zero-order valence-electron chi connectivity index (χ0n) is 30.8. The van der Waals surface area contributed by atoms with Crippen LogP contribution in [-0.4, -0.2) is 53.9 Å². The van der Waals surface area contributed by atoms with Crippen LogP contribution in [0, 0.1) is 11.8 Å². The summed E-state index contributed by atoms with van der Waals surface area (Å²) in [6, 6.07) is 36.2. The molecule has 0 aromatic heterocycles. The van der Waals surface area contributed by atoms with E-state index in [4.69, 9.17) is 9.47 Å². The fourth-order valence-electron chi connectivity index (χ4n) is 5.91. The van der Waals surface area contributed by atoms with Gasteiger partial charge in [0.2, 0.25) is 11.8 Å². The molecule has 9 heteroatoms. The Morgan fingerprint density at radius 2 is 1.26 bits per heavy atom. The van der Waals surface area contributed by atoms with E-state index in [1.807, 2.05) is 115 Å². The average molecular weight is 749 g/mol. The van der Waals surface area contributed by atoms with E-state index in [1.165, 1.54) is 0 Å². The van der Waals surface area contributed by atoms with Crippen molar-refractivity contribution >= 4 is 29.5 Å². The van der Waals surface area contributed by atoms with E-state index >= 15 is 0 Å². The molecule has 0 saturated carbocycles. The first kappa shape index (κ1) is 41.6. The Morgan fingerprint density at radius 1 is 0.685 bits per heavy atom. The van der Waals surface area contributed by atoms with Gasteiger partial charge < -0.3 is 25.2 Å². The number of aliphatic hydroxyl groups is 1. The van der Waals surface area contributed by atoms with Crippen LogP contribution in [0.2, 0.25) is 0 Å². The number of hydrogen-bond acceptors (Lipinski definition) is 7. The van der Waals surface area contributed by atoms with Crippen molar-refractivity contribution in [3.05, 3.63) is 163 Å². The Kier molecular flexibility index (Phi) is 18.1. The highest BCUT2D eigenvalue weighted by Gasteiger charge is 2.26. The Balaban J connectivity index is 1.33. The fourth-order valence-corrected chi connectivity index (χ4v) is 6.92. The van der Waals surface area contributed by atoms with Gasteiger partial charge in [-0.3, -0.25) is 14.4 Å². The van der Waals surface area contributed by atoms with Crippen LogP contribution in [0.15, 0.2) is 141 Å². The zero-order chi connectivity index (χ0) is 38.4. The second-order valence-corrected chi connectivity index (χ2v) is 14.3. The van der Waals surface area contributed by atoms with Gasteiger partial charge in [-0.2, -0.15) is 11.8 Å². The van der Waals surface area contributed by atoms with Gasteiger partial charge in [0.1, 0.15) is 19.0 Å². The molecule has 2 amide bonds. The molecule has 0 heterocycles. The standard InChI is InChI=1S/C45H52N2O6S/c1-3-14-38(28-43(49)46-40(29-48)27-35-22-24-42(25-23-35)52-30-36-18-10-6-11-19-36)44(50)47-41(33-54-32-37-20-12-7-13-21-37)31-53-45(51)39(15-4-2)26-34-16-8-5-9-17-34/h3-13,16-25,38-41,48H,1-2,14-15,26-33H2,(H,46,49)(H,47,50)/t38-,39-,40+,41-/m1/s1. The number of hydrogen-bond donors (Lipinski definition) is 3. The van der Waals surface area contributed by atoms with E-state index in [1.54, 1.807) is 23.9 Å². The number of ether oxygens (including phenoxy) is 2. The molecule has 4 aromatic carbocycles. The number of aliphatic hydroxyl groups excluding tert-OH is 1. The van der Waals surface area contributed by atoms with Gasteiger partial charge in [0.25, 0.3) is 0 Å². The lowest BCUT2D eigenvalue weighted by Crippen LogP contribution is -2.46. The second-order valence-electron chi connectivity index (χ2n) is 13.2. The summed E-state index contributed by atoms with van der Waals surface area (Å²) in [5.41, 5.74) is 4.17. The molecule has 54 heavy (non-hydrogen) atoms. The Morgan fingerprint density at radius 3 is 1.87 bits per heavy atom. The number of carbonyl (C=O) groups is 3. The predicted octanol–water partition coefficient (Wildman–Crippen LogP) is 7.26. The molecule has 8 nitrogen and oxygen atoms in total. The van der Waals surface area contributed by atoms with Crippen molar-refractivity contribution in [3.8, 4) is 5.75 Å². The van der Waals surface area contributed by atoms with Gasteiger partial charge >= 0.3 is 5.97 Å². The number of nitrogens with one attached hydrogen (secondary N) is 2. The van der Waals surface area contributed by atoms with E-state index in [0.29, 0.717) is 31.6 Å². The summed E-state index contributed by atoms with van der Waals surface area (Å²) < 4.78 is 11.7. The van der Waals surface area contributed by atoms with Gasteiger partial charge in [-0.25, -0.2) is 0 Å². The lowest BCUT2D eigenvalue weighted by Gasteiger charge is -2.24. The van der Waals surface area contributed by atoms with E-state index in [-0.39, 0.29) is 43.8 Å². The second kappa shape index (κ2) is 23.5. The molecule has 0 aliphatic rings. The Hall–Kier alpha value is -5.12. The van der Waals surface area contributed by atoms with Gasteiger partial charge in [-0.15, -0.1) is 13.2 Å². The minimum absolute atomic E-state index is 0.00945. The molecule has 0 aliphatic heterocycles. The largest absolute Gasteiger partial charge is 0.489 e. The van der Waals surface area contributed by atoms with Crippen LogP contribution in [0.25, 0.3) is 0 Å². The van der Waals surface area contributed by atoms with Crippen LogP contribution in [0.3, 0.4) is 0 Å². The quantitative estimate of drug-likeness (QED) is 0.0511. The van der Waals surface area contributed by atoms with Crippen molar-refractivity contribution in [2.45, 2.75) is 56.5 Å². The molecule has 3 N–H and O–H groups in total. The summed E-state index contributed by atoms with van der Waals surface area (Å²) in [6.45, 7) is 7.82. The third-order valence-electron chi connectivity index (χ3n) is 8.81. The first-order valence-electron chi connectivity index (χ1n) is 18.4. The van der Waals surface area contributed by atoms with Gasteiger partial charge in [-0.1, -0.05) is 115 Å². The van der Waals surface area contributed by atoms with Crippen LogP contribution < -0.4 is 15.4 Å². The summed E-state index contributed by atoms with van der Waals surface area (Å²) in [5, 5.41) is 16.1. The first-order valence-corrected chi connectivity index (χ1v) is 19.5. The molecule has 284 valence electrons. The average Bonchev–Trinajstić information content (AvgIpc) is 3.20. The monoisotopic (exact) mass is 748 g/mol. The number of amides is 2. The topological polar surface area (TPSA) is 114 Å². The number of benzene rings is 4. The van der Waals surface area contributed by atoms with Crippen LogP contribution in [0.1, 0.15) is 41.5 Å². The van der Waals surface area contributed by atoms with Crippen LogP contribution in [0.5, 0.6) is 5.75 Å².